The molecular formula is C65H88Cl4N4O6. The van der Waals surface area contributed by atoms with Crippen LogP contribution >= 0.6 is 46.4 Å². The van der Waals surface area contributed by atoms with E-state index in [2.05, 4.69) is 62.4 Å². The summed E-state index contributed by atoms with van der Waals surface area (Å²) >= 11 is 25.2. The molecule has 5 fully saturated rings. The number of benzene rings is 4. The first kappa shape index (κ1) is 64.0. The molecule has 10 nitrogen and oxygen atoms in total. The molecule has 14 heteroatoms. The number of carbonyl (C=O) groups excluding carboxylic acids is 4. The minimum Gasteiger partial charge on any atom is -0.550 e. The zero-order chi connectivity index (χ0) is 58.1. The molecule has 79 heavy (non-hydrogen) atoms. The fourth-order valence-electron chi connectivity index (χ4n) is 13.0. The Morgan fingerprint density at radius 3 is 1.15 bits per heavy atom. The third-order valence-corrected chi connectivity index (χ3v) is 18.6. The summed E-state index contributed by atoms with van der Waals surface area (Å²) in [5.74, 6) is -1.58. The van der Waals surface area contributed by atoms with E-state index in [-0.39, 0.29) is 72.5 Å². The van der Waals surface area contributed by atoms with Gasteiger partial charge in [-0.1, -0.05) is 164 Å². The minimum absolute atomic E-state index is 0.0476. The fraction of sp³-hybridized carbons (Fsp3) is 0.569. The van der Waals surface area contributed by atoms with Crippen LogP contribution in [0, 0.1) is 34.5 Å². The average molecular weight is 1160 g/mol. The van der Waals surface area contributed by atoms with Gasteiger partial charge < -0.3 is 39.0 Å². The largest absolute Gasteiger partial charge is 0.550 e. The first-order valence-electron chi connectivity index (χ1n) is 28.9. The standard InChI is InChI=1S/2C29H37Cl2NO3.C7H15N2/c2*1-18(2)9-14-25(19(3)4)32-27(20-10-12-22(30)13-11-20)24(21-7-6-8-23(31)15-21)16-29(5,28(32)35)17-26(33)34;1-9-5-2-8(3-6-9)4-7-9/h2*6-8,10-13,15,18-19,24-25,27H,9,14,16-17H2,1-5H3,(H,33,34);2-7H2,1H3/q;;+1/p-1/t2*24-,25-,27?,29-;/m11./s1. The van der Waals surface area contributed by atoms with Crippen molar-refractivity contribution in [3.05, 3.63) is 139 Å². The van der Waals surface area contributed by atoms with Gasteiger partial charge in [0.2, 0.25) is 11.8 Å². The minimum atomic E-state index is -1.21. The van der Waals surface area contributed by atoms with Crippen molar-refractivity contribution in [1.29, 1.82) is 0 Å². The van der Waals surface area contributed by atoms with Gasteiger partial charge in [0, 0.05) is 68.8 Å². The van der Waals surface area contributed by atoms with E-state index in [4.69, 9.17) is 46.4 Å². The van der Waals surface area contributed by atoms with Gasteiger partial charge in [0.05, 0.1) is 30.0 Å². The lowest BCUT2D eigenvalue weighted by molar-refractivity contribution is -1.06. The van der Waals surface area contributed by atoms with Crippen molar-refractivity contribution in [1.82, 2.24) is 9.80 Å². The van der Waals surface area contributed by atoms with Gasteiger partial charge in [-0.2, -0.15) is 0 Å². The lowest BCUT2D eigenvalue weighted by Gasteiger charge is -2.53. The number of amides is 2. The maximum atomic E-state index is 14.3. The summed E-state index contributed by atoms with van der Waals surface area (Å²) in [6.07, 6.45) is 3.77. The molecular weight excluding hydrogens is 1070 g/mol. The second kappa shape index (κ2) is 27.7. The quantitative estimate of drug-likeness (QED) is 0.0989. The molecule has 0 spiro atoms. The highest BCUT2D eigenvalue weighted by atomic mass is 35.5. The van der Waals surface area contributed by atoms with E-state index >= 15 is 0 Å². The molecule has 432 valence electrons. The number of nitrogens with zero attached hydrogens (tertiary/aromatic N) is 3. The van der Waals surface area contributed by atoms with Gasteiger partial charge in [-0.3, -0.25) is 9.59 Å². The molecule has 2 unspecified atom stereocenters. The summed E-state index contributed by atoms with van der Waals surface area (Å²) < 4.78 is 1.36. The number of aliphatic carboxylic acids is 2. The van der Waals surface area contributed by atoms with Crippen molar-refractivity contribution in [3.8, 4) is 0 Å². The van der Waals surface area contributed by atoms with Crippen LogP contribution in [-0.2, 0) is 19.2 Å². The van der Waals surface area contributed by atoms with Crippen molar-refractivity contribution in [3.63, 3.8) is 0 Å². The second-order valence-electron chi connectivity index (χ2n) is 25.7. The van der Waals surface area contributed by atoms with Crippen LogP contribution in [0.15, 0.2) is 97.1 Å². The Bertz CT molecular complexity index is 2490. The number of halogens is 4. The molecule has 5 heterocycles. The van der Waals surface area contributed by atoms with Crippen LogP contribution in [0.5, 0.6) is 0 Å². The summed E-state index contributed by atoms with van der Waals surface area (Å²) in [7, 11) is 2.40. The lowest BCUT2D eigenvalue weighted by Crippen LogP contribution is -3.19. The predicted octanol–water partition coefficient (Wildman–Crippen LogP) is 11.7. The normalized spacial score (nSPS) is 26.6. The second-order valence-corrected chi connectivity index (χ2v) is 27.5. The molecule has 5 aliphatic rings. The first-order valence-corrected chi connectivity index (χ1v) is 30.4. The third kappa shape index (κ3) is 16.5. The summed E-state index contributed by atoms with van der Waals surface area (Å²) in [4.78, 5) is 58.0. The molecule has 0 aromatic heterocycles. The topological polar surface area (TPSA) is 125 Å². The van der Waals surface area contributed by atoms with Gasteiger partial charge in [-0.15, -0.1) is 0 Å². The molecule has 5 saturated heterocycles. The molecule has 8 atom stereocenters. The van der Waals surface area contributed by atoms with Crippen LogP contribution in [0.2, 0.25) is 20.1 Å². The molecule has 2 amide bonds. The summed E-state index contributed by atoms with van der Waals surface area (Å²) in [5.41, 5.74) is 1.79. The smallest absolute Gasteiger partial charge is 0.229 e. The Morgan fingerprint density at radius 2 is 0.886 bits per heavy atom. The number of likely N-dealkylation sites (tertiary alicyclic amines) is 2. The van der Waals surface area contributed by atoms with Crippen LogP contribution in [0.4, 0.5) is 0 Å². The van der Waals surface area contributed by atoms with E-state index in [1.165, 1.54) is 43.8 Å². The highest BCUT2D eigenvalue weighted by Gasteiger charge is 2.54. The number of carbonyl (C=O) groups is 4. The molecule has 5 aliphatic heterocycles. The van der Waals surface area contributed by atoms with Gasteiger partial charge in [0.1, 0.15) is 39.3 Å². The number of likely N-dealkylation sites (N-methyl/N-ethyl adjacent to an activating group) is 1. The van der Waals surface area contributed by atoms with E-state index in [1.54, 1.807) is 13.8 Å². The van der Waals surface area contributed by atoms with Crippen LogP contribution in [0.25, 0.3) is 0 Å². The monoisotopic (exact) mass is 1160 g/mol. The van der Waals surface area contributed by atoms with Crippen LogP contribution < -0.4 is 15.1 Å². The van der Waals surface area contributed by atoms with Crippen LogP contribution in [0.1, 0.15) is 167 Å². The molecule has 0 aliphatic carbocycles. The van der Waals surface area contributed by atoms with Gasteiger partial charge in [0.15, 0.2) is 0 Å². The Kier molecular flexibility index (Phi) is 22.5. The average Bonchev–Trinajstić information content (AvgIpc) is 3.41. The van der Waals surface area contributed by atoms with Crippen molar-refractivity contribution in [2.45, 2.75) is 157 Å². The number of carboxylic acids is 2. The first-order chi connectivity index (χ1) is 37.1. The summed E-state index contributed by atoms with van der Waals surface area (Å²) in [6, 6.07) is 30.0. The van der Waals surface area contributed by atoms with Crippen molar-refractivity contribution >= 4 is 70.2 Å². The van der Waals surface area contributed by atoms with E-state index in [1.807, 2.05) is 112 Å². The van der Waals surface area contributed by atoms with E-state index < -0.39 is 22.8 Å². The molecule has 4 aromatic rings. The Morgan fingerprint density at radius 1 is 0.544 bits per heavy atom. The van der Waals surface area contributed by atoms with Crippen molar-refractivity contribution in [2.24, 2.45) is 34.5 Å². The maximum absolute atomic E-state index is 14.3. The highest BCUT2D eigenvalue weighted by Crippen LogP contribution is 2.55. The number of carboxylic acid groups (broad SMARTS) is 2. The van der Waals surface area contributed by atoms with Gasteiger partial charge in [-0.25, -0.2) is 0 Å². The molecule has 4 aromatic carbocycles. The maximum Gasteiger partial charge on any atom is 0.229 e. The zero-order valence-electron chi connectivity index (χ0n) is 48.7. The summed E-state index contributed by atoms with van der Waals surface area (Å²) in [5, 5.41) is 26.1. The highest BCUT2D eigenvalue weighted by molar-refractivity contribution is 6.31. The number of hydrogen-bond donors (Lipinski definition) is 1. The Labute approximate surface area is 492 Å². The number of piperidine rings is 2. The summed E-state index contributed by atoms with van der Waals surface area (Å²) in [6.45, 7) is 29.4. The third-order valence-electron chi connectivity index (χ3n) is 17.6. The fourth-order valence-corrected chi connectivity index (χ4v) is 13.7. The lowest BCUT2D eigenvalue weighted by atomic mass is 9.66. The van der Waals surface area contributed by atoms with E-state index in [0.717, 1.165) is 47.9 Å². The molecule has 0 saturated carbocycles. The predicted molar refractivity (Wildman–Crippen MR) is 317 cm³/mol. The van der Waals surface area contributed by atoms with Crippen molar-refractivity contribution < 1.29 is 38.8 Å². The van der Waals surface area contributed by atoms with Crippen LogP contribution in [0.3, 0.4) is 0 Å². The molecule has 9 rings (SSSR count). The molecule has 0 radical (unpaired) electrons. The molecule has 1 N–H and O–H groups in total. The number of piperazine rings is 3. The van der Waals surface area contributed by atoms with Crippen molar-refractivity contribution in [2.75, 3.05) is 46.3 Å². The number of rotatable bonds is 18. The Balaban J connectivity index is 0.000000219. The van der Waals surface area contributed by atoms with Gasteiger partial charge in [0.25, 0.3) is 0 Å². The van der Waals surface area contributed by atoms with Crippen LogP contribution in [-0.4, -0.2) is 96.4 Å². The number of quaternary nitrogens is 2. The Hall–Kier alpha value is -4.16. The van der Waals surface area contributed by atoms with Gasteiger partial charge in [-0.05, 0) is 133 Å². The van der Waals surface area contributed by atoms with Gasteiger partial charge >= 0.3 is 0 Å². The number of fused-ring (bicyclic) bond motifs is 3. The SMILES string of the molecule is CC(C)CC[C@H](C(C)C)N1C(=O)[C@@](C)(CC(=O)[O-])C[C@H](c2cccc(Cl)c2)C1c1ccc(Cl)cc1.CC(C)CC[C@H](C(C)C)N1C(=O)[C@@](C)(CC(=O)[O-])C[C@H](c2cccc(Cl)c2)C1c1ccc(Cl)cc1.C[N+]12CC[NH+](CC1)CC2. The molecule has 2 bridgehead atoms. The zero-order valence-corrected chi connectivity index (χ0v) is 51.7. The van der Waals surface area contributed by atoms with E-state index in [9.17, 15) is 29.4 Å². The number of nitrogens with one attached hydrogen (secondary N) is 1. The number of hydrogen-bond acceptors (Lipinski definition) is 6. The van der Waals surface area contributed by atoms with E-state index in [0.29, 0.717) is 44.8 Å².